The van der Waals surface area contributed by atoms with Crippen molar-refractivity contribution < 1.29 is 8.78 Å². The molecule has 2 aromatic rings. The van der Waals surface area contributed by atoms with Crippen molar-refractivity contribution in [1.82, 2.24) is 4.98 Å². The fourth-order valence-corrected chi connectivity index (χ4v) is 1.88. The van der Waals surface area contributed by atoms with E-state index in [1.165, 1.54) is 0 Å². The van der Waals surface area contributed by atoms with Crippen LogP contribution in [-0.2, 0) is 6.54 Å². The quantitative estimate of drug-likeness (QED) is 0.851. The van der Waals surface area contributed by atoms with Crippen LogP contribution in [0, 0.1) is 18.6 Å². The van der Waals surface area contributed by atoms with E-state index < -0.39 is 11.6 Å². The number of nitrogens with one attached hydrogen (secondary N) is 1. The van der Waals surface area contributed by atoms with Crippen LogP contribution in [0.15, 0.2) is 30.3 Å². The minimum atomic E-state index is -0.736. The van der Waals surface area contributed by atoms with Crippen molar-refractivity contribution in [3.8, 4) is 0 Å². The van der Waals surface area contributed by atoms with Crippen molar-refractivity contribution in [3.05, 3.63) is 58.9 Å². The molecule has 1 aromatic carbocycles. The van der Waals surface area contributed by atoms with Gasteiger partial charge in [0, 0.05) is 11.3 Å². The largest absolute Gasteiger partial charge is 0.389 e. The summed E-state index contributed by atoms with van der Waals surface area (Å²) < 4.78 is 27.6. The Balaban J connectivity index is 2.20. The predicted octanol–water partition coefficient (Wildman–Crippen LogP) is 2.91. The number of hydrogen-bond acceptors (Lipinski definition) is 3. The second kappa shape index (κ2) is 5.92. The van der Waals surface area contributed by atoms with Gasteiger partial charge in [0.15, 0.2) is 0 Å². The number of nitrogens with zero attached hydrogens (tertiary/aromatic N) is 1. The van der Waals surface area contributed by atoms with E-state index in [4.69, 9.17) is 18.0 Å². The standard InChI is InChI=1S/C14H13F2N3S/c1-8-3-2-4-10(19-8)7-18-13-11(15)5-9(14(17)20)6-12(13)16/h2-6,18H,7H2,1H3,(H2,17,20). The Kier molecular flexibility index (Phi) is 4.24. The van der Waals surface area contributed by atoms with Crippen molar-refractivity contribution in [2.45, 2.75) is 13.5 Å². The minimum Gasteiger partial charge on any atom is -0.389 e. The van der Waals surface area contributed by atoms with Crippen molar-refractivity contribution in [2.24, 2.45) is 5.73 Å². The van der Waals surface area contributed by atoms with Gasteiger partial charge in [-0.1, -0.05) is 18.3 Å². The Morgan fingerprint density at radius 3 is 2.50 bits per heavy atom. The Hall–Kier alpha value is -2.08. The molecule has 0 bridgehead atoms. The van der Waals surface area contributed by atoms with Crippen LogP contribution in [0.25, 0.3) is 0 Å². The molecule has 1 heterocycles. The van der Waals surface area contributed by atoms with Crippen LogP contribution in [-0.4, -0.2) is 9.97 Å². The molecule has 3 N–H and O–H groups in total. The molecule has 0 saturated heterocycles. The second-order valence-corrected chi connectivity index (χ2v) is 4.74. The van der Waals surface area contributed by atoms with Gasteiger partial charge in [0.25, 0.3) is 0 Å². The van der Waals surface area contributed by atoms with Crippen LogP contribution < -0.4 is 11.1 Å². The molecule has 0 aliphatic carbocycles. The van der Waals surface area contributed by atoms with Crippen molar-refractivity contribution in [1.29, 1.82) is 0 Å². The number of hydrogen-bond donors (Lipinski definition) is 2. The van der Waals surface area contributed by atoms with Gasteiger partial charge >= 0.3 is 0 Å². The van der Waals surface area contributed by atoms with Crippen molar-refractivity contribution in [2.75, 3.05) is 5.32 Å². The molecule has 0 fully saturated rings. The van der Waals surface area contributed by atoms with Gasteiger partial charge < -0.3 is 11.1 Å². The SMILES string of the molecule is Cc1cccc(CNc2c(F)cc(C(N)=S)cc2F)n1. The topological polar surface area (TPSA) is 50.9 Å². The molecule has 0 atom stereocenters. The summed E-state index contributed by atoms with van der Waals surface area (Å²) in [6.45, 7) is 2.07. The fraction of sp³-hybridized carbons (Fsp3) is 0.143. The first kappa shape index (κ1) is 14.3. The van der Waals surface area contributed by atoms with Gasteiger partial charge in [-0.15, -0.1) is 0 Å². The smallest absolute Gasteiger partial charge is 0.150 e. The summed E-state index contributed by atoms with van der Waals surface area (Å²) in [4.78, 5) is 4.20. The Morgan fingerprint density at radius 2 is 1.95 bits per heavy atom. The lowest BCUT2D eigenvalue weighted by molar-refractivity contribution is 0.587. The van der Waals surface area contributed by atoms with E-state index in [2.05, 4.69) is 10.3 Å². The second-order valence-electron chi connectivity index (χ2n) is 4.30. The molecule has 0 saturated carbocycles. The highest BCUT2D eigenvalue weighted by atomic mass is 32.1. The normalized spacial score (nSPS) is 10.3. The summed E-state index contributed by atoms with van der Waals surface area (Å²) in [5, 5.41) is 2.69. The van der Waals surface area contributed by atoms with Gasteiger partial charge in [-0.3, -0.25) is 4.98 Å². The van der Waals surface area contributed by atoms with Crippen LogP contribution in [0.1, 0.15) is 17.0 Å². The van der Waals surface area contributed by atoms with Gasteiger partial charge in [0.1, 0.15) is 22.3 Å². The minimum absolute atomic E-state index is 0.0466. The zero-order valence-corrected chi connectivity index (χ0v) is 11.6. The van der Waals surface area contributed by atoms with Gasteiger partial charge in [0.2, 0.25) is 0 Å². The summed E-state index contributed by atoms with van der Waals surface area (Å²) in [6.07, 6.45) is 0. The summed E-state index contributed by atoms with van der Waals surface area (Å²) in [5.41, 5.74) is 6.84. The lowest BCUT2D eigenvalue weighted by atomic mass is 10.2. The molecule has 0 aliphatic heterocycles. The molecule has 0 amide bonds. The van der Waals surface area contributed by atoms with Gasteiger partial charge in [0.05, 0.1) is 12.2 Å². The van der Waals surface area contributed by atoms with Crippen molar-refractivity contribution >= 4 is 22.9 Å². The number of aromatic nitrogens is 1. The third-order valence-corrected chi connectivity index (χ3v) is 2.95. The lowest BCUT2D eigenvalue weighted by Gasteiger charge is -2.10. The zero-order chi connectivity index (χ0) is 14.7. The summed E-state index contributed by atoms with van der Waals surface area (Å²) in [7, 11) is 0. The molecule has 0 aliphatic rings. The Labute approximate surface area is 120 Å². The molecule has 20 heavy (non-hydrogen) atoms. The molecular weight excluding hydrogens is 280 g/mol. The maximum Gasteiger partial charge on any atom is 0.150 e. The van der Waals surface area contributed by atoms with Crippen LogP contribution in [0.4, 0.5) is 14.5 Å². The number of benzene rings is 1. The van der Waals surface area contributed by atoms with E-state index in [0.717, 1.165) is 17.8 Å². The Bertz CT molecular complexity index is 636. The number of halogens is 2. The monoisotopic (exact) mass is 293 g/mol. The van der Waals surface area contributed by atoms with Crippen LogP contribution >= 0.6 is 12.2 Å². The highest BCUT2D eigenvalue weighted by Gasteiger charge is 2.12. The van der Waals surface area contributed by atoms with Crippen molar-refractivity contribution in [3.63, 3.8) is 0 Å². The molecule has 1 aromatic heterocycles. The maximum atomic E-state index is 13.8. The third-order valence-electron chi connectivity index (χ3n) is 2.72. The predicted molar refractivity (Wildman–Crippen MR) is 78.5 cm³/mol. The van der Waals surface area contributed by atoms with Gasteiger partial charge in [-0.2, -0.15) is 0 Å². The van der Waals surface area contributed by atoms with E-state index in [0.29, 0.717) is 5.69 Å². The average molecular weight is 293 g/mol. The Morgan fingerprint density at radius 1 is 1.30 bits per heavy atom. The highest BCUT2D eigenvalue weighted by molar-refractivity contribution is 7.80. The molecule has 3 nitrogen and oxygen atoms in total. The van der Waals surface area contributed by atoms with E-state index in [-0.39, 0.29) is 22.8 Å². The summed E-state index contributed by atoms with van der Waals surface area (Å²) >= 11 is 4.69. The average Bonchev–Trinajstić information content (AvgIpc) is 2.37. The lowest BCUT2D eigenvalue weighted by Crippen LogP contribution is -2.12. The molecule has 6 heteroatoms. The molecule has 0 unspecified atom stereocenters. The molecular formula is C14H13F2N3S. The molecule has 2 rings (SSSR count). The molecule has 0 spiro atoms. The summed E-state index contributed by atoms with van der Waals surface area (Å²) in [5.74, 6) is -1.47. The van der Waals surface area contributed by atoms with E-state index in [1.54, 1.807) is 6.07 Å². The van der Waals surface area contributed by atoms with Crippen LogP contribution in [0.3, 0.4) is 0 Å². The van der Waals surface area contributed by atoms with Crippen LogP contribution in [0.2, 0.25) is 0 Å². The number of aryl methyl sites for hydroxylation is 1. The number of pyridine rings is 1. The first-order valence-electron chi connectivity index (χ1n) is 5.92. The fourth-order valence-electron chi connectivity index (χ4n) is 1.76. The summed E-state index contributed by atoms with van der Waals surface area (Å²) in [6, 6.07) is 7.68. The van der Waals surface area contributed by atoms with E-state index in [9.17, 15) is 8.78 Å². The zero-order valence-electron chi connectivity index (χ0n) is 10.8. The number of nitrogens with two attached hydrogens (primary N) is 1. The first-order valence-corrected chi connectivity index (χ1v) is 6.33. The van der Waals surface area contributed by atoms with Gasteiger partial charge in [-0.05, 0) is 31.2 Å². The molecule has 0 radical (unpaired) electrons. The van der Waals surface area contributed by atoms with E-state index in [1.807, 2.05) is 19.1 Å². The van der Waals surface area contributed by atoms with Crippen LogP contribution in [0.5, 0.6) is 0 Å². The number of rotatable bonds is 4. The number of anilines is 1. The molecule has 104 valence electrons. The highest BCUT2D eigenvalue weighted by Crippen LogP contribution is 2.21. The van der Waals surface area contributed by atoms with E-state index >= 15 is 0 Å². The first-order chi connectivity index (χ1) is 9.47. The number of thiocarbonyl (C=S) groups is 1. The van der Waals surface area contributed by atoms with Gasteiger partial charge in [-0.25, -0.2) is 8.78 Å². The third kappa shape index (κ3) is 3.27. The maximum absolute atomic E-state index is 13.8.